The number of fused-ring (bicyclic) bond motifs is 1. The summed E-state index contributed by atoms with van der Waals surface area (Å²) >= 11 is 1.90. The van der Waals surface area contributed by atoms with Crippen molar-refractivity contribution in [2.24, 2.45) is 0 Å². The van der Waals surface area contributed by atoms with Crippen LogP contribution in [0.4, 0.5) is 10.1 Å². The lowest BCUT2D eigenvalue weighted by molar-refractivity contribution is -0.115. The molecular weight excluding hydrogens is 384 g/mol. The molecule has 0 atom stereocenters. The molecule has 0 bridgehead atoms. The molecule has 0 radical (unpaired) electrons. The Morgan fingerprint density at radius 1 is 1.33 bits per heavy atom. The normalized spacial score (nSPS) is 10.8. The van der Waals surface area contributed by atoms with Gasteiger partial charge in [-0.1, -0.05) is 6.07 Å². The standard InChI is InChI=1S/C15H11FIN3O/c16-12-8-10(4-5-13(12)17)19-15(21)9-11-2-1-3-14-18-6-7-20(11)14/h1-8H,9H2,(H,19,21). The molecule has 1 amide bonds. The first kappa shape index (κ1) is 14.0. The highest BCUT2D eigenvalue weighted by Gasteiger charge is 2.08. The Kier molecular flexibility index (Phi) is 3.87. The Morgan fingerprint density at radius 2 is 2.19 bits per heavy atom. The van der Waals surface area contributed by atoms with Crippen molar-refractivity contribution in [1.29, 1.82) is 0 Å². The van der Waals surface area contributed by atoms with E-state index in [2.05, 4.69) is 10.3 Å². The predicted octanol–water partition coefficient (Wildman–Crippen LogP) is 3.26. The second kappa shape index (κ2) is 5.80. The Balaban J connectivity index is 1.77. The van der Waals surface area contributed by atoms with Crippen molar-refractivity contribution in [3.05, 3.63) is 63.9 Å². The topological polar surface area (TPSA) is 46.4 Å². The van der Waals surface area contributed by atoms with Crippen LogP contribution < -0.4 is 5.32 Å². The van der Waals surface area contributed by atoms with Gasteiger partial charge in [-0.05, 0) is 52.9 Å². The Morgan fingerprint density at radius 3 is 3.00 bits per heavy atom. The molecule has 0 saturated heterocycles. The van der Waals surface area contributed by atoms with Gasteiger partial charge in [0.15, 0.2) is 0 Å². The Bertz CT molecular complexity index is 816. The lowest BCUT2D eigenvalue weighted by atomic mass is 10.2. The van der Waals surface area contributed by atoms with Crippen LogP contribution in [0, 0.1) is 9.39 Å². The SMILES string of the molecule is O=C(Cc1cccc2nccn12)Nc1ccc(I)c(F)c1. The number of benzene rings is 1. The highest BCUT2D eigenvalue weighted by atomic mass is 127. The maximum Gasteiger partial charge on any atom is 0.230 e. The summed E-state index contributed by atoms with van der Waals surface area (Å²) in [5.41, 5.74) is 2.07. The van der Waals surface area contributed by atoms with E-state index in [-0.39, 0.29) is 18.1 Å². The molecule has 0 aliphatic rings. The predicted molar refractivity (Wildman–Crippen MR) is 86.6 cm³/mol. The molecule has 1 N–H and O–H groups in total. The number of hydrogen-bond donors (Lipinski definition) is 1. The Labute approximate surface area is 134 Å². The number of imidazole rings is 1. The number of nitrogens with zero attached hydrogens (tertiary/aromatic N) is 2. The fraction of sp³-hybridized carbons (Fsp3) is 0.0667. The van der Waals surface area contributed by atoms with Gasteiger partial charge in [-0.25, -0.2) is 9.37 Å². The number of rotatable bonds is 3. The molecule has 0 aliphatic carbocycles. The third-order valence-corrected chi connectivity index (χ3v) is 3.93. The van der Waals surface area contributed by atoms with E-state index >= 15 is 0 Å². The lowest BCUT2D eigenvalue weighted by Crippen LogP contribution is -2.16. The number of carbonyl (C=O) groups is 1. The summed E-state index contributed by atoms with van der Waals surface area (Å²) in [5, 5.41) is 2.70. The van der Waals surface area contributed by atoms with E-state index in [0.717, 1.165) is 11.3 Å². The van der Waals surface area contributed by atoms with Crippen molar-refractivity contribution in [2.45, 2.75) is 6.42 Å². The second-order valence-corrected chi connectivity index (χ2v) is 5.69. The molecule has 4 nitrogen and oxygen atoms in total. The summed E-state index contributed by atoms with van der Waals surface area (Å²) in [6, 6.07) is 10.2. The number of aromatic nitrogens is 2. The van der Waals surface area contributed by atoms with Gasteiger partial charge in [0.05, 0.1) is 6.42 Å². The summed E-state index contributed by atoms with van der Waals surface area (Å²) in [6.45, 7) is 0. The molecule has 0 aliphatic heterocycles. The van der Waals surface area contributed by atoms with Gasteiger partial charge >= 0.3 is 0 Å². The summed E-state index contributed by atoms with van der Waals surface area (Å²) in [7, 11) is 0. The van der Waals surface area contributed by atoms with Crippen LogP contribution in [0.15, 0.2) is 48.8 Å². The smallest absolute Gasteiger partial charge is 0.230 e. The van der Waals surface area contributed by atoms with E-state index in [1.54, 1.807) is 18.3 Å². The molecule has 2 aromatic heterocycles. The van der Waals surface area contributed by atoms with Crippen molar-refractivity contribution in [2.75, 3.05) is 5.32 Å². The minimum absolute atomic E-state index is 0.196. The molecule has 0 unspecified atom stereocenters. The number of halogens is 2. The fourth-order valence-corrected chi connectivity index (χ4v) is 2.43. The minimum Gasteiger partial charge on any atom is -0.326 e. The molecule has 0 fully saturated rings. The molecule has 2 heterocycles. The zero-order valence-electron chi connectivity index (χ0n) is 10.9. The quantitative estimate of drug-likeness (QED) is 0.693. The molecule has 6 heteroatoms. The molecule has 0 saturated carbocycles. The van der Waals surface area contributed by atoms with E-state index in [4.69, 9.17) is 0 Å². The first-order valence-corrected chi connectivity index (χ1v) is 7.37. The number of carbonyl (C=O) groups excluding carboxylic acids is 1. The lowest BCUT2D eigenvalue weighted by Gasteiger charge is -2.08. The summed E-state index contributed by atoms with van der Waals surface area (Å²) in [5.74, 6) is -0.540. The van der Waals surface area contributed by atoms with E-state index in [9.17, 15) is 9.18 Å². The first-order valence-electron chi connectivity index (χ1n) is 6.29. The van der Waals surface area contributed by atoms with Crippen LogP contribution in [0.25, 0.3) is 5.65 Å². The molecule has 0 spiro atoms. The van der Waals surface area contributed by atoms with Crippen molar-refractivity contribution in [3.8, 4) is 0 Å². The van der Waals surface area contributed by atoms with Gasteiger partial charge in [-0.15, -0.1) is 0 Å². The van der Waals surface area contributed by atoms with Crippen LogP contribution in [0.2, 0.25) is 0 Å². The van der Waals surface area contributed by atoms with Gasteiger partial charge < -0.3 is 9.72 Å². The monoisotopic (exact) mass is 395 g/mol. The highest BCUT2D eigenvalue weighted by Crippen LogP contribution is 2.16. The number of hydrogen-bond acceptors (Lipinski definition) is 2. The third-order valence-electron chi connectivity index (χ3n) is 3.06. The van der Waals surface area contributed by atoms with Crippen LogP contribution in [0.1, 0.15) is 5.69 Å². The van der Waals surface area contributed by atoms with Crippen LogP contribution in [-0.2, 0) is 11.2 Å². The summed E-state index contributed by atoms with van der Waals surface area (Å²) in [6.07, 6.45) is 3.69. The molecule has 1 aromatic carbocycles. The summed E-state index contributed by atoms with van der Waals surface area (Å²) in [4.78, 5) is 16.2. The van der Waals surface area contributed by atoms with Gasteiger partial charge in [0.1, 0.15) is 11.5 Å². The molecule has 3 aromatic rings. The Hall–Kier alpha value is -1.96. The van der Waals surface area contributed by atoms with Gasteiger partial charge in [-0.3, -0.25) is 4.79 Å². The first-order chi connectivity index (χ1) is 10.1. The van der Waals surface area contributed by atoms with Crippen molar-refractivity contribution in [1.82, 2.24) is 9.38 Å². The minimum atomic E-state index is -0.342. The van der Waals surface area contributed by atoms with Crippen molar-refractivity contribution in [3.63, 3.8) is 0 Å². The maximum absolute atomic E-state index is 13.5. The number of pyridine rings is 1. The zero-order valence-corrected chi connectivity index (χ0v) is 13.0. The fourth-order valence-electron chi connectivity index (χ4n) is 2.09. The van der Waals surface area contributed by atoms with Crippen molar-refractivity contribution < 1.29 is 9.18 Å². The van der Waals surface area contributed by atoms with Crippen LogP contribution >= 0.6 is 22.6 Å². The highest BCUT2D eigenvalue weighted by molar-refractivity contribution is 14.1. The number of anilines is 1. The van der Waals surface area contributed by atoms with Gasteiger partial charge in [0.25, 0.3) is 0 Å². The largest absolute Gasteiger partial charge is 0.326 e. The average molecular weight is 395 g/mol. The number of amides is 1. The van der Waals surface area contributed by atoms with E-state index in [1.807, 2.05) is 51.4 Å². The van der Waals surface area contributed by atoms with Gasteiger partial charge in [-0.2, -0.15) is 0 Å². The maximum atomic E-state index is 13.5. The molecular formula is C15H11FIN3O. The average Bonchev–Trinajstić information content (AvgIpc) is 2.92. The van der Waals surface area contributed by atoms with Gasteiger partial charge in [0.2, 0.25) is 5.91 Å². The van der Waals surface area contributed by atoms with Gasteiger partial charge in [0, 0.05) is 27.3 Å². The van der Waals surface area contributed by atoms with E-state index in [0.29, 0.717) is 9.26 Å². The van der Waals surface area contributed by atoms with Crippen LogP contribution in [0.3, 0.4) is 0 Å². The van der Waals surface area contributed by atoms with Crippen LogP contribution in [-0.4, -0.2) is 15.3 Å². The van der Waals surface area contributed by atoms with Crippen molar-refractivity contribution >= 4 is 39.8 Å². The molecule has 3 rings (SSSR count). The van der Waals surface area contributed by atoms with Crippen LogP contribution in [0.5, 0.6) is 0 Å². The van der Waals surface area contributed by atoms with E-state index < -0.39 is 0 Å². The summed E-state index contributed by atoms with van der Waals surface area (Å²) < 4.78 is 15.8. The third kappa shape index (κ3) is 3.05. The number of nitrogens with one attached hydrogen (secondary N) is 1. The van der Waals surface area contributed by atoms with E-state index in [1.165, 1.54) is 6.07 Å². The second-order valence-electron chi connectivity index (χ2n) is 4.53. The molecule has 106 valence electrons. The molecule has 21 heavy (non-hydrogen) atoms. The zero-order chi connectivity index (χ0) is 14.8.